The highest BCUT2D eigenvalue weighted by Crippen LogP contribution is 2.34. The summed E-state index contributed by atoms with van der Waals surface area (Å²) in [6.45, 7) is 2.89. The number of amides is 1. The molecule has 7 nitrogen and oxygen atoms in total. The molecule has 0 radical (unpaired) electrons. The molecule has 29 heavy (non-hydrogen) atoms. The van der Waals surface area contributed by atoms with E-state index in [1.54, 1.807) is 24.4 Å². The van der Waals surface area contributed by atoms with Gasteiger partial charge in [0.2, 0.25) is 12.2 Å². The minimum absolute atomic E-state index is 0.0476. The molecule has 0 saturated heterocycles. The Morgan fingerprint density at radius 1 is 1.21 bits per heavy atom. The molecule has 2 aliphatic rings. The molecule has 0 unspecified atom stereocenters. The topological polar surface area (TPSA) is 78.8 Å². The number of rotatable bonds is 3. The van der Waals surface area contributed by atoms with Crippen molar-refractivity contribution in [1.29, 1.82) is 0 Å². The second kappa shape index (κ2) is 6.70. The summed E-state index contributed by atoms with van der Waals surface area (Å²) in [5, 5.41) is 3.40. The zero-order valence-electron chi connectivity index (χ0n) is 15.5. The standard InChI is InChI=1S/C21H17ClN2O5/c1-11-8-24-9-13(20(25)18-14(22)3-5-16(29-11)19(18)24)21(26)23-7-12-2-4-15-17(6-12)28-10-27-15/h2-6,9,11H,7-8,10H2,1H3,(H,23,26)/t11-/m1/s1. The van der Waals surface area contributed by atoms with Crippen molar-refractivity contribution in [2.75, 3.05) is 6.79 Å². The van der Waals surface area contributed by atoms with Crippen LogP contribution in [0.4, 0.5) is 0 Å². The molecule has 0 fully saturated rings. The number of hydrogen-bond acceptors (Lipinski definition) is 5. The highest BCUT2D eigenvalue weighted by atomic mass is 35.5. The lowest BCUT2D eigenvalue weighted by atomic mass is 10.1. The van der Waals surface area contributed by atoms with Crippen LogP contribution in [-0.4, -0.2) is 23.4 Å². The Bertz CT molecular complexity index is 1220. The molecule has 0 bridgehead atoms. The molecule has 1 atom stereocenters. The molecule has 2 aromatic carbocycles. The molecule has 3 aromatic rings. The zero-order valence-corrected chi connectivity index (χ0v) is 16.3. The van der Waals surface area contributed by atoms with Crippen molar-refractivity contribution in [3.05, 3.63) is 62.9 Å². The number of halogens is 1. The summed E-state index contributed by atoms with van der Waals surface area (Å²) in [7, 11) is 0. The molecule has 8 heteroatoms. The van der Waals surface area contributed by atoms with Crippen molar-refractivity contribution in [2.24, 2.45) is 0 Å². The predicted molar refractivity (Wildman–Crippen MR) is 107 cm³/mol. The van der Waals surface area contributed by atoms with Gasteiger partial charge in [0, 0.05) is 12.7 Å². The Labute approximate surface area is 170 Å². The Hall–Kier alpha value is -3.19. The first-order valence-corrected chi connectivity index (χ1v) is 9.58. The highest BCUT2D eigenvalue weighted by Gasteiger charge is 2.24. The van der Waals surface area contributed by atoms with Gasteiger partial charge < -0.3 is 24.1 Å². The Morgan fingerprint density at radius 2 is 2.00 bits per heavy atom. The van der Waals surface area contributed by atoms with E-state index in [0.29, 0.717) is 39.7 Å². The number of aromatic nitrogens is 1. The molecule has 1 aromatic heterocycles. The normalized spacial score (nSPS) is 16.6. The van der Waals surface area contributed by atoms with Gasteiger partial charge in [0.25, 0.3) is 5.91 Å². The van der Waals surface area contributed by atoms with E-state index in [4.69, 9.17) is 25.8 Å². The van der Waals surface area contributed by atoms with Gasteiger partial charge in [-0.25, -0.2) is 0 Å². The number of nitrogens with zero attached hydrogens (tertiary/aromatic N) is 1. The van der Waals surface area contributed by atoms with Crippen LogP contribution in [0, 0.1) is 0 Å². The second-order valence-electron chi connectivity index (χ2n) is 7.09. The molecule has 3 heterocycles. The first-order valence-electron chi connectivity index (χ1n) is 9.20. The monoisotopic (exact) mass is 412 g/mol. The third-order valence-corrected chi connectivity index (χ3v) is 5.37. The second-order valence-corrected chi connectivity index (χ2v) is 7.50. The third-order valence-electron chi connectivity index (χ3n) is 5.05. The van der Waals surface area contributed by atoms with Gasteiger partial charge in [0.05, 0.1) is 22.5 Å². The van der Waals surface area contributed by atoms with Gasteiger partial charge in [-0.15, -0.1) is 0 Å². The van der Waals surface area contributed by atoms with E-state index in [0.717, 1.165) is 5.56 Å². The molecule has 5 rings (SSSR count). The van der Waals surface area contributed by atoms with Crippen molar-refractivity contribution in [3.63, 3.8) is 0 Å². The van der Waals surface area contributed by atoms with E-state index in [1.165, 1.54) is 0 Å². The average Bonchev–Trinajstić information content (AvgIpc) is 3.17. The van der Waals surface area contributed by atoms with Crippen LogP contribution in [0.1, 0.15) is 22.8 Å². The summed E-state index contributed by atoms with van der Waals surface area (Å²) in [6, 6.07) is 8.81. The zero-order chi connectivity index (χ0) is 20.1. The summed E-state index contributed by atoms with van der Waals surface area (Å²) in [5.41, 5.74) is 1.09. The van der Waals surface area contributed by atoms with Crippen LogP contribution < -0.4 is 25.0 Å². The summed E-state index contributed by atoms with van der Waals surface area (Å²) >= 11 is 6.30. The van der Waals surface area contributed by atoms with Crippen molar-refractivity contribution in [3.8, 4) is 17.2 Å². The maximum absolute atomic E-state index is 13.0. The van der Waals surface area contributed by atoms with Crippen molar-refractivity contribution in [2.45, 2.75) is 26.1 Å². The van der Waals surface area contributed by atoms with E-state index >= 15 is 0 Å². The number of carbonyl (C=O) groups is 1. The number of nitrogens with one attached hydrogen (secondary N) is 1. The van der Waals surface area contributed by atoms with Crippen molar-refractivity contribution >= 4 is 28.4 Å². The Morgan fingerprint density at radius 3 is 2.86 bits per heavy atom. The molecule has 0 spiro atoms. The number of pyridine rings is 1. The summed E-state index contributed by atoms with van der Waals surface area (Å²) in [6.07, 6.45) is 1.50. The Kier molecular flexibility index (Phi) is 4.13. The number of ether oxygens (including phenoxy) is 3. The van der Waals surface area contributed by atoms with Gasteiger partial charge in [-0.05, 0) is 36.8 Å². The minimum Gasteiger partial charge on any atom is -0.487 e. The predicted octanol–water partition coefficient (Wildman–Crippen LogP) is 3.09. The van der Waals surface area contributed by atoms with E-state index in [2.05, 4.69) is 5.32 Å². The average molecular weight is 413 g/mol. The van der Waals surface area contributed by atoms with Gasteiger partial charge in [0.1, 0.15) is 17.4 Å². The number of carbonyl (C=O) groups excluding carboxylic acids is 1. The third kappa shape index (κ3) is 2.98. The smallest absolute Gasteiger partial charge is 0.257 e. The minimum atomic E-state index is -0.459. The number of benzene rings is 2. The molecule has 148 valence electrons. The largest absolute Gasteiger partial charge is 0.487 e. The van der Waals surface area contributed by atoms with E-state index < -0.39 is 11.3 Å². The van der Waals surface area contributed by atoms with Crippen molar-refractivity contribution < 1.29 is 19.0 Å². The van der Waals surface area contributed by atoms with Crippen molar-refractivity contribution in [1.82, 2.24) is 9.88 Å². The fourth-order valence-corrected chi connectivity index (χ4v) is 3.96. The van der Waals surface area contributed by atoms with Gasteiger partial charge in [-0.1, -0.05) is 17.7 Å². The number of fused-ring (bicyclic) bond motifs is 1. The van der Waals surface area contributed by atoms with Crippen LogP contribution in [0.5, 0.6) is 17.2 Å². The molecule has 0 saturated carbocycles. The molecule has 1 amide bonds. The fourth-order valence-electron chi connectivity index (χ4n) is 3.72. The van der Waals surface area contributed by atoms with Crippen LogP contribution in [-0.2, 0) is 13.1 Å². The summed E-state index contributed by atoms with van der Waals surface area (Å²) in [4.78, 5) is 25.9. The van der Waals surface area contributed by atoms with Crippen LogP contribution in [0.3, 0.4) is 0 Å². The van der Waals surface area contributed by atoms with Gasteiger partial charge in [0.15, 0.2) is 11.5 Å². The molecule has 1 N–H and O–H groups in total. The number of hydrogen-bond donors (Lipinski definition) is 1. The van der Waals surface area contributed by atoms with E-state index in [1.807, 2.05) is 23.6 Å². The molecular formula is C21H17ClN2O5. The maximum Gasteiger partial charge on any atom is 0.257 e. The van der Waals surface area contributed by atoms with E-state index in [9.17, 15) is 9.59 Å². The highest BCUT2D eigenvalue weighted by molar-refractivity contribution is 6.35. The molecule has 2 aliphatic heterocycles. The lowest BCUT2D eigenvalue weighted by Crippen LogP contribution is -2.32. The van der Waals surface area contributed by atoms with Crippen LogP contribution in [0.15, 0.2) is 41.3 Å². The SMILES string of the molecule is C[C@@H]1Cn2cc(C(=O)NCc3ccc4c(c3)OCO4)c(=O)c3c(Cl)ccc(c32)O1. The van der Waals surface area contributed by atoms with Gasteiger partial charge in [-0.3, -0.25) is 9.59 Å². The maximum atomic E-state index is 13.0. The van der Waals surface area contributed by atoms with Crippen LogP contribution in [0.2, 0.25) is 5.02 Å². The summed E-state index contributed by atoms with van der Waals surface area (Å²) < 4.78 is 18.3. The molecular weight excluding hydrogens is 396 g/mol. The first-order chi connectivity index (χ1) is 14.0. The fraction of sp³-hybridized carbons (Fsp3) is 0.238. The van der Waals surface area contributed by atoms with Crippen LogP contribution in [0.25, 0.3) is 10.9 Å². The molecule has 0 aliphatic carbocycles. The first kappa shape index (κ1) is 17.9. The van der Waals surface area contributed by atoms with Gasteiger partial charge >= 0.3 is 0 Å². The Balaban J connectivity index is 1.49. The van der Waals surface area contributed by atoms with E-state index in [-0.39, 0.29) is 25.0 Å². The van der Waals surface area contributed by atoms with Crippen LogP contribution >= 0.6 is 11.6 Å². The summed E-state index contributed by atoms with van der Waals surface area (Å²) in [5.74, 6) is 1.44. The lowest BCUT2D eigenvalue weighted by Gasteiger charge is -2.26. The quantitative estimate of drug-likeness (QED) is 0.715. The van der Waals surface area contributed by atoms with Gasteiger partial charge in [-0.2, -0.15) is 0 Å². The lowest BCUT2D eigenvalue weighted by molar-refractivity contribution is 0.0948.